The molecule has 0 atom stereocenters. The molecular weight excluding hydrogens is 559 g/mol. The minimum Gasteiger partial charge on any atom is -0.494 e. The summed E-state index contributed by atoms with van der Waals surface area (Å²) in [6.45, 7) is 8.21. The predicted molar refractivity (Wildman–Crippen MR) is 161 cm³/mol. The number of imide groups is 1. The zero-order chi connectivity index (χ0) is 30.1. The van der Waals surface area contributed by atoms with Crippen molar-refractivity contribution in [2.24, 2.45) is 0 Å². The molecule has 218 valence electrons. The summed E-state index contributed by atoms with van der Waals surface area (Å²) >= 11 is 0.763. The number of amides is 3. The van der Waals surface area contributed by atoms with Crippen LogP contribution in [0.1, 0.15) is 30.5 Å². The molecule has 1 heterocycles. The lowest BCUT2D eigenvalue weighted by Crippen LogP contribution is -2.36. The molecule has 1 saturated heterocycles. The van der Waals surface area contributed by atoms with Crippen molar-refractivity contribution in [1.82, 2.24) is 4.90 Å². The summed E-state index contributed by atoms with van der Waals surface area (Å²) in [6, 6.07) is 16.4. The van der Waals surface area contributed by atoms with Crippen LogP contribution in [0.3, 0.4) is 0 Å². The van der Waals surface area contributed by atoms with E-state index >= 15 is 0 Å². The van der Waals surface area contributed by atoms with Gasteiger partial charge in [0.2, 0.25) is 5.91 Å². The Kier molecular flexibility index (Phi) is 10.4. The number of hydrogen-bond donors (Lipinski definition) is 1. The minimum absolute atomic E-state index is 0.181. The number of rotatable bonds is 13. The second-order valence-corrected chi connectivity index (χ2v) is 10.1. The maximum Gasteiger partial charge on any atom is 0.294 e. The van der Waals surface area contributed by atoms with Gasteiger partial charge in [-0.3, -0.25) is 19.3 Å². The highest BCUT2D eigenvalue weighted by atomic mass is 32.2. The zero-order valence-electron chi connectivity index (χ0n) is 23.4. The average Bonchev–Trinajstić information content (AvgIpc) is 3.22. The van der Waals surface area contributed by atoms with Crippen molar-refractivity contribution in [3.05, 3.63) is 101 Å². The number of thioether (sulfide) groups is 1. The van der Waals surface area contributed by atoms with Crippen LogP contribution in [-0.4, -0.2) is 41.7 Å². The van der Waals surface area contributed by atoms with Crippen LogP contribution in [0.4, 0.5) is 14.9 Å². The van der Waals surface area contributed by atoms with Crippen molar-refractivity contribution >= 4 is 40.6 Å². The van der Waals surface area contributed by atoms with E-state index in [0.29, 0.717) is 48.1 Å². The molecule has 0 spiro atoms. The van der Waals surface area contributed by atoms with E-state index in [1.807, 2.05) is 19.9 Å². The lowest BCUT2D eigenvalue weighted by Gasteiger charge is -2.17. The standard InChI is InChI=1S/C32H31FN2O6S/c1-4-7-23-16-22(17-27(40-6-3)30(23)41-20-21-8-10-24(33)11-9-21)18-28-31(37)35(32(38)42-28)19-29(36)34-25-12-14-26(15-13-25)39-5-2/h4,8-18H,1,5-7,19-20H2,2-3H3,(H,34,36)/b28-18+. The van der Waals surface area contributed by atoms with Crippen LogP contribution >= 0.6 is 11.8 Å². The van der Waals surface area contributed by atoms with Crippen molar-refractivity contribution in [2.75, 3.05) is 25.1 Å². The summed E-state index contributed by atoms with van der Waals surface area (Å²) in [5.74, 6) is 0.242. The van der Waals surface area contributed by atoms with Crippen LogP contribution in [0.5, 0.6) is 17.2 Å². The predicted octanol–water partition coefficient (Wildman–Crippen LogP) is 6.61. The molecule has 0 saturated carbocycles. The number of carbonyl (C=O) groups excluding carboxylic acids is 3. The Hall–Kier alpha value is -4.57. The fourth-order valence-electron chi connectivity index (χ4n) is 4.17. The lowest BCUT2D eigenvalue weighted by atomic mass is 10.0. The first-order chi connectivity index (χ1) is 20.3. The molecule has 0 aromatic heterocycles. The van der Waals surface area contributed by atoms with Crippen molar-refractivity contribution in [1.29, 1.82) is 0 Å². The minimum atomic E-state index is -0.563. The van der Waals surface area contributed by atoms with Crippen LogP contribution < -0.4 is 19.5 Å². The summed E-state index contributed by atoms with van der Waals surface area (Å²) in [6.07, 6.45) is 3.76. The van der Waals surface area contributed by atoms with Gasteiger partial charge in [0.25, 0.3) is 11.1 Å². The lowest BCUT2D eigenvalue weighted by molar-refractivity contribution is -0.127. The van der Waals surface area contributed by atoms with Crippen molar-refractivity contribution in [2.45, 2.75) is 26.9 Å². The maximum atomic E-state index is 13.3. The highest BCUT2D eigenvalue weighted by Gasteiger charge is 2.36. The van der Waals surface area contributed by atoms with Gasteiger partial charge in [0, 0.05) is 11.3 Å². The van der Waals surface area contributed by atoms with Crippen molar-refractivity contribution < 1.29 is 33.0 Å². The Balaban J connectivity index is 1.50. The summed E-state index contributed by atoms with van der Waals surface area (Å²) in [4.78, 5) is 39.5. The normalized spacial score (nSPS) is 13.8. The number of benzene rings is 3. The number of nitrogens with one attached hydrogen (secondary N) is 1. The van der Waals surface area contributed by atoms with E-state index in [1.54, 1.807) is 54.6 Å². The molecule has 1 fully saturated rings. The molecule has 0 unspecified atom stereocenters. The van der Waals surface area contributed by atoms with Crippen molar-refractivity contribution in [3.8, 4) is 17.2 Å². The van der Waals surface area contributed by atoms with E-state index in [1.165, 1.54) is 12.1 Å². The number of nitrogens with zero attached hydrogens (tertiary/aromatic N) is 1. The second kappa shape index (κ2) is 14.4. The second-order valence-electron chi connectivity index (χ2n) is 9.12. The zero-order valence-corrected chi connectivity index (χ0v) is 24.2. The van der Waals surface area contributed by atoms with Gasteiger partial charge in [0.1, 0.15) is 24.7 Å². The first-order valence-electron chi connectivity index (χ1n) is 13.4. The van der Waals surface area contributed by atoms with Crippen LogP contribution in [-0.2, 0) is 22.6 Å². The quantitative estimate of drug-likeness (QED) is 0.177. The molecule has 3 amide bonds. The molecule has 1 aliphatic rings. The number of hydrogen-bond acceptors (Lipinski definition) is 7. The van der Waals surface area contributed by atoms with Crippen molar-refractivity contribution in [3.63, 3.8) is 0 Å². The molecule has 42 heavy (non-hydrogen) atoms. The van der Waals surface area contributed by atoms with Gasteiger partial charge in [-0.25, -0.2) is 4.39 Å². The first kappa shape index (κ1) is 30.4. The van der Waals surface area contributed by atoms with E-state index in [4.69, 9.17) is 14.2 Å². The Bertz CT molecular complexity index is 1490. The van der Waals surface area contributed by atoms with E-state index in [9.17, 15) is 18.8 Å². The van der Waals surface area contributed by atoms with Crippen LogP contribution in [0.2, 0.25) is 0 Å². The molecule has 3 aromatic rings. The number of allylic oxidation sites excluding steroid dienone is 1. The summed E-state index contributed by atoms with van der Waals surface area (Å²) < 4.78 is 30.6. The number of carbonyl (C=O) groups is 3. The number of ether oxygens (including phenoxy) is 3. The van der Waals surface area contributed by atoms with Gasteiger partial charge in [-0.1, -0.05) is 18.2 Å². The summed E-state index contributed by atoms with van der Waals surface area (Å²) in [5.41, 5.74) is 2.69. The molecule has 3 aromatic carbocycles. The maximum absolute atomic E-state index is 13.3. The largest absolute Gasteiger partial charge is 0.494 e. The van der Waals surface area contributed by atoms with Gasteiger partial charge in [0.05, 0.1) is 18.1 Å². The third kappa shape index (κ3) is 7.79. The van der Waals surface area contributed by atoms with E-state index < -0.39 is 23.6 Å². The molecule has 0 radical (unpaired) electrons. The van der Waals surface area contributed by atoms with E-state index in [-0.39, 0.29) is 17.3 Å². The monoisotopic (exact) mass is 590 g/mol. The molecule has 1 N–H and O–H groups in total. The van der Waals surface area contributed by atoms with Gasteiger partial charge >= 0.3 is 0 Å². The van der Waals surface area contributed by atoms with E-state index in [2.05, 4.69) is 11.9 Å². The molecule has 0 aliphatic carbocycles. The smallest absolute Gasteiger partial charge is 0.294 e. The molecule has 8 nitrogen and oxygen atoms in total. The third-order valence-electron chi connectivity index (χ3n) is 6.04. The number of halogens is 1. The van der Waals surface area contributed by atoms with Crippen LogP contribution in [0.25, 0.3) is 6.08 Å². The topological polar surface area (TPSA) is 94.2 Å². The van der Waals surface area contributed by atoms with Gasteiger partial charge in [-0.05, 0) is 97.8 Å². The van der Waals surface area contributed by atoms with Crippen LogP contribution in [0, 0.1) is 5.82 Å². The summed E-state index contributed by atoms with van der Waals surface area (Å²) in [5, 5.41) is 2.15. The molecule has 1 aliphatic heterocycles. The average molecular weight is 591 g/mol. The third-order valence-corrected chi connectivity index (χ3v) is 6.94. The molecule has 4 rings (SSSR count). The fraction of sp³-hybridized carbons (Fsp3) is 0.219. The first-order valence-corrected chi connectivity index (χ1v) is 14.2. The summed E-state index contributed by atoms with van der Waals surface area (Å²) in [7, 11) is 0. The Morgan fingerprint density at radius 2 is 1.71 bits per heavy atom. The van der Waals surface area contributed by atoms with Gasteiger partial charge in [-0.15, -0.1) is 6.58 Å². The van der Waals surface area contributed by atoms with Gasteiger partial charge in [0.15, 0.2) is 11.5 Å². The number of anilines is 1. The highest BCUT2D eigenvalue weighted by Crippen LogP contribution is 2.38. The Labute approximate surface area is 248 Å². The molecule has 10 heteroatoms. The van der Waals surface area contributed by atoms with Gasteiger partial charge < -0.3 is 19.5 Å². The SMILES string of the molecule is C=CCc1cc(/C=C2/SC(=O)N(CC(=O)Nc3ccc(OCC)cc3)C2=O)cc(OCC)c1OCc1ccc(F)cc1. The van der Waals surface area contributed by atoms with E-state index in [0.717, 1.165) is 27.8 Å². The Morgan fingerprint density at radius 3 is 2.38 bits per heavy atom. The van der Waals surface area contributed by atoms with Crippen LogP contribution in [0.15, 0.2) is 78.2 Å². The Morgan fingerprint density at radius 1 is 1.00 bits per heavy atom. The highest BCUT2D eigenvalue weighted by molar-refractivity contribution is 8.18. The molecular formula is C32H31FN2O6S. The van der Waals surface area contributed by atoms with Gasteiger partial charge in [-0.2, -0.15) is 0 Å². The molecule has 0 bridgehead atoms. The fourth-order valence-corrected chi connectivity index (χ4v) is 5.01.